The van der Waals surface area contributed by atoms with E-state index >= 15 is 0 Å². The van der Waals surface area contributed by atoms with Crippen molar-refractivity contribution in [3.05, 3.63) is 47.7 Å². The monoisotopic (exact) mass is 290 g/mol. The molecule has 0 unspecified atom stereocenters. The Morgan fingerprint density at radius 3 is 2.75 bits per heavy atom. The fourth-order valence-electron chi connectivity index (χ4n) is 2.37. The number of ether oxygens (including phenoxy) is 1. The van der Waals surface area contributed by atoms with Gasteiger partial charge in [-0.3, -0.25) is 0 Å². The first-order valence-electron chi connectivity index (χ1n) is 6.54. The number of nitrogens with one attached hydrogen (secondary N) is 1. The highest BCUT2D eigenvalue weighted by Crippen LogP contribution is 2.37. The highest BCUT2D eigenvalue weighted by molar-refractivity contribution is 5.85. The van der Waals surface area contributed by atoms with Gasteiger partial charge in [0.15, 0.2) is 0 Å². The first-order chi connectivity index (χ1) is 9.06. The molecule has 0 spiro atoms. The number of para-hydroxylation sites is 1. The molecule has 0 saturated carbocycles. The molecule has 0 radical (unpaired) electrons. The standard InChI is InChI=1S/C16H18N2O.ClH/c1-11-6-4-5-7-14(11)19-15-8-13-12(9-17-15)16(2,3)10-18-13;/h4-9,18H,10H2,1-3H3;1H. The Morgan fingerprint density at radius 1 is 1.25 bits per heavy atom. The number of hydrogen-bond acceptors (Lipinski definition) is 3. The van der Waals surface area contributed by atoms with Crippen LogP contribution in [0.5, 0.6) is 11.6 Å². The van der Waals surface area contributed by atoms with Crippen LogP contribution >= 0.6 is 12.4 Å². The maximum Gasteiger partial charge on any atom is 0.221 e. The van der Waals surface area contributed by atoms with Crippen molar-refractivity contribution in [3.8, 4) is 11.6 Å². The van der Waals surface area contributed by atoms with Gasteiger partial charge in [-0.2, -0.15) is 0 Å². The van der Waals surface area contributed by atoms with E-state index in [0.29, 0.717) is 5.88 Å². The van der Waals surface area contributed by atoms with E-state index in [0.717, 1.165) is 23.5 Å². The quantitative estimate of drug-likeness (QED) is 0.895. The minimum absolute atomic E-state index is 0. The molecule has 1 aliphatic heterocycles. The molecule has 1 aliphatic rings. The summed E-state index contributed by atoms with van der Waals surface area (Å²) in [5.74, 6) is 1.49. The molecule has 1 aromatic carbocycles. The summed E-state index contributed by atoms with van der Waals surface area (Å²) >= 11 is 0. The van der Waals surface area contributed by atoms with E-state index in [1.165, 1.54) is 5.56 Å². The summed E-state index contributed by atoms with van der Waals surface area (Å²) in [5, 5.41) is 3.41. The Morgan fingerprint density at radius 2 is 2.00 bits per heavy atom. The van der Waals surface area contributed by atoms with Crippen molar-refractivity contribution in [2.24, 2.45) is 0 Å². The highest BCUT2D eigenvalue weighted by atomic mass is 35.5. The summed E-state index contributed by atoms with van der Waals surface area (Å²) in [6, 6.07) is 9.95. The maximum atomic E-state index is 5.85. The molecule has 3 rings (SSSR count). The van der Waals surface area contributed by atoms with Crippen LogP contribution in [0.3, 0.4) is 0 Å². The van der Waals surface area contributed by atoms with Gasteiger partial charge in [0.05, 0.1) is 0 Å². The van der Waals surface area contributed by atoms with Crippen LogP contribution in [-0.4, -0.2) is 11.5 Å². The van der Waals surface area contributed by atoms with Gasteiger partial charge < -0.3 is 10.1 Å². The molecule has 1 aromatic heterocycles. The average molecular weight is 291 g/mol. The summed E-state index contributed by atoms with van der Waals surface area (Å²) in [7, 11) is 0. The molecule has 106 valence electrons. The van der Waals surface area contributed by atoms with Crippen LogP contribution in [0, 0.1) is 6.92 Å². The SMILES string of the molecule is Cc1ccccc1Oc1cc2c(cn1)C(C)(C)CN2.Cl. The summed E-state index contributed by atoms with van der Waals surface area (Å²) in [6.07, 6.45) is 1.92. The Balaban J connectivity index is 0.00000147. The van der Waals surface area contributed by atoms with Crippen molar-refractivity contribution in [2.75, 3.05) is 11.9 Å². The number of rotatable bonds is 2. The third-order valence-electron chi connectivity index (χ3n) is 3.64. The van der Waals surface area contributed by atoms with Gasteiger partial charge in [-0.15, -0.1) is 12.4 Å². The average Bonchev–Trinajstić information content (AvgIpc) is 2.68. The molecule has 2 aromatic rings. The summed E-state index contributed by atoms with van der Waals surface area (Å²) in [5.41, 5.74) is 3.63. The summed E-state index contributed by atoms with van der Waals surface area (Å²) in [6.45, 7) is 7.41. The Bertz CT molecular complexity index is 626. The molecule has 0 aliphatic carbocycles. The molecule has 20 heavy (non-hydrogen) atoms. The van der Waals surface area contributed by atoms with Crippen LogP contribution in [0.15, 0.2) is 36.5 Å². The van der Waals surface area contributed by atoms with E-state index in [9.17, 15) is 0 Å². The molecule has 0 bridgehead atoms. The number of hydrogen-bond donors (Lipinski definition) is 1. The van der Waals surface area contributed by atoms with E-state index in [-0.39, 0.29) is 17.8 Å². The molecule has 2 heterocycles. The minimum atomic E-state index is 0. The van der Waals surface area contributed by atoms with E-state index in [4.69, 9.17) is 4.74 Å². The fourth-order valence-corrected chi connectivity index (χ4v) is 2.37. The normalized spacial score (nSPS) is 14.9. The second kappa shape index (κ2) is 5.33. The lowest BCUT2D eigenvalue weighted by Gasteiger charge is -2.16. The summed E-state index contributed by atoms with van der Waals surface area (Å²) in [4.78, 5) is 4.42. The Hall–Kier alpha value is -1.74. The Labute approximate surface area is 125 Å². The number of aryl methyl sites for hydroxylation is 1. The fraction of sp³-hybridized carbons (Fsp3) is 0.312. The lowest BCUT2D eigenvalue weighted by molar-refractivity contribution is 0.459. The molecule has 0 amide bonds. The van der Waals surface area contributed by atoms with Crippen LogP contribution in [0.25, 0.3) is 0 Å². The van der Waals surface area contributed by atoms with Gasteiger partial charge in [0, 0.05) is 35.5 Å². The van der Waals surface area contributed by atoms with Crippen LogP contribution < -0.4 is 10.1 Å². The third kappa shape index (κ3) is 2.59. The third-order valence-corrected chi connectivity index (χ3v) is 3.64. The van der Waals surface area contributed by atoms with Gasteiger partial charge in [-0.25, -0.2) is 4.98 Å². The van der Waals surface area contributed by atoms with Gasteiger partial charge in [0.25, 0.3) is 0 Å². The second-order valence-corrected chi connectivity index (χ2v) is 5.67. The zero-order valence-corrected chi connectivity index (χ0v) is 12.8. The second-order valence-electron chi connectivity index (χ2n) is 5.67. The number of nitrogens with zero attached hydrogens (tertiary/aromatic N) is 1. The molecule has 0 fully saturated rings. The van der Waals surface area contributed by atoms with Crippen molar-refractivity contribution in [1.82, 2.24) is 4.98 Å². The molecule has 3 nitrogen and oxygen atoms in total. The molecule has 1 N–H and O–H groups in total. The lowest BCUT2D eigenvalue weighted by Crippen LogP contribution is -2.18. The topological polar surface area (TPSA) is 34.1 Å². The van der Waals surface area contributed by atoms with Crippen molar-refractivity contribution < 1.29 is 4.74 Å². The van der Waals surface area contributed by atoms with Gasteiger partial charge in [-0.1, -0.05) is 32.0 Å². The molecular weight excluding hydrogens is 272 g/mol. The van der Waals surface area contributed by atoms with E-state index in [1.807, 2.05) is 43.5 Å². The van der Waals surface area contributed by atoms with Crippen LogP contribution in [0.1, 0.15) is 25.0 Å². The van der Waals surface area contributed by atoms with Crippen molar-refractivity contribution >= 4 is 18.1 Å². The zero-order chi connectivity index (χ0) is 13.5. The van der Waals surface area contributed by atoms with Crippen LogP contribution in [-0.2, 0) is 5.41 Å². The lowest BCUT2D eigenvalue weighted by atomic mass is 9.88. The predicted octanol–water partition coefficient (Wildman–Crippen LogP) is 4.31. The summed E-state index contributed by atoms with van der Waals surface area (Å²) < 4.78 is 5.85. The van der Waals surface area contributed by atoms with E-state index in [2.05, 4.69) is 24.1 Å². The zero-order valence-electron chi connectivity index (χ0n) is 11.9. The van der Waals surface area contributed by atoms with Crippen LogP contribution in [0.2, 0.25) is 0 Å². The smallest absolute Gasteiger partial charge is 0.221 e. The van der Waals surface area contributed by atoms with Crippen molar-refractivity contribution in [1.29, 1.82) is 0 Å². The number of fused-ring (bicyclic) bond motifs is 1. The largest absolute Gasteiger partial charge is 0.439 e. The minimum Gasteiger partial charge on any atom is -0.439 e. The van der Waals surface area contributed by atoms with E-state index < -0.39 is 0 Å². The van der Waals surface area contributed by atoms with E-state index in [1.54, 1.807) is 0 Å². The highest BCUT2D eigenvalue weighted by Gasteiger charge is 2.30. The number of benzene rings is 1. The van der Waals surface area contributed by atoms with Crippen LogP contribution in [0.4, 0.5) is 5.69 Å². The van der Waals surface area contributed by atoms with Gasteiger partial charge in [0.1, 0.15) is 5.75 Å². The number of aromatic nitrogens is 1. The first kappa shape index (κ1) is 14.7. The molecule has 4 heteroatoms. The molecule has 0 atom stereocenters. The van der Waals surface area contributed by atoms with Crippen molar-refractivity contribution in [2.45, 2.75) is 26.2 Å². The predicted molar refractivity (Wildman–Crippen MR) is 84.3 cm³/mol. The number of halogens is 1. The molecule has 0 saturated heterocycles. The number of pyridine rings is 1. The number of anilines is 1. The first-order valence-corrected chi connectivity index (χ1v) is 6.54. The maximum absolute atomic E-state index is 5.85. The van der Waals surface area contributed by atoms with Crippen molar-refractivity contribution in [3.63, 3.8) is 0 Å². The van der Waals surface area contributed by atoms with Gasteiger partial charge in [-0.05, 0) is 18.6 Å². The van der Waals surface area contributed by atoms with Gasteiger partial charge in [0.2, 0.25) is 5.88 Å². The Kier molecular flexibility index (Phi) is 3.91. The molecular formula is C16H19ClN2O. The van der Waals surface area contributed by atoms with Gasteiger partial charge >= 0.3 is 0 Å².